The zero-order chi connectivity index (χ0) is 13.8. The number of anilines is 1. The van der Waals surface area contributed by atoms with Gasteiger partial charge < -0.3 is 9.64 Å². The third-order valence-electron chi connectivity index (χ3n) is 3.46. The quantitative estimate of drug-likeness (QED) is 0.837. The predicted octanol–water partition coefficient (Wildman–Crippen LogP) is 2.85. The molecule has 0 aliphatic carbocycles. The molecule has 0 aromatic carbocycles. The van der Waals surface area contributed by atoms with Crippen LogP contribution in [0.3, 0.4) is 0 Å². The largest absolute Gasteiger partial charge is 0.375 e. The molecule has 2 heterocycles. The molecule has 2 rings (SSSR count). The first-order valence-corrected chi connectivity index (χ1v) is 7.26. The Hall–Kier alpha value is -1.16. The molecule has 1 aromatic rings. The highest BCUT2D eigenvalue weighted by Gasteiger charge is 2.22. The number of hydrogen-bond donors (Lipinski definition) is 0. The van der Waals surface area contributed by atoms with Crippen molar-refractivity contribution < 1.29 is 4.74 Å². The van der Waals surface area contributed by atoms with Crippen molar-refractivity contribution in [2.24, 2.45) is 5.92 Å². The molecule has 0 saturated carbocycles. The smallest absolute Gasteiger partial charge is 0.151 e. The summed E-state index contributed by atoms with van der Waals surface area (Å²) in [6, 6.07) is 4.17. The third-order valence-corrected chi connectivity index (χ3v) is 3.46. The number of nitrogens with zero attached hydrogens (tertiary/aromatic N) is 3. The van der Waals surface area contributed by atoms with Crippen LogP contribution in [0.2, 0.25) is 0 Å². The van der Waals surface area contributed by atoms with Gasteiger partial charge in [-0.1, -0.05) is 27.7 Å². The fourth-order valence-electron chi connectivity index (χ4n) is 2.41. The van der Waals surface area contributed by atoms with Crippen LogP contribution in [-0.4, -0.2) is 36.0 Å². The Labute approximate surface area is 116 Å². The lowest BCUT2D eigenvalue weighted by molar-refractivity contribution is 0.0273. The van der Waals surface area contributed by atoms with Crippen LogP contribution in [-0.2, 0) is 4.74 Å². The van der Waals surface area contributed by atoms with Crippen molar-refractivity contribution >= 4 is 5.82 Å². The van der Waals surface area contributed by atoms with Crippen molar-refractivity contribution in [1.82, 2.24) is 10.2 Å². The van der Waals surface area contributed by atoms with E-state index in [4.69, 9.17) is 4.74 Å². The van der Waals surface area contributed by atoms with Crippen LogP contribution in [0.25, 0.3) is 0 Å². The fraction of sp³-hybridized carbons (Fsp3) is 0.733. The number of aromatic nitrogens is 2. The Kier molecular flexibility index (Phi) is 4.75. The number of rotatable bonds is 4. The summed E-state index contributed by atoms with van der Waals surface area (Å²) in [5.74, 6) is 2.07. The van der Waals surface area contributed by atoms with Crippen molar-refractivity contribution in [2.45, 2.75) is 46.1 Å². The van der Waals surface area contributed by atoms with Gasteiger partial charge in [0.25, 0.3) is 0 Å². The SMILES string of the molecule is CC(C)CC1CN(c2ccc(C(C)C)nn2)CCO1. The second-order valence-corrected chi connectivity index (χ2v) is 6.04. The average molecular weight is 263 g/mol. The van der Waals surface area contributed by atoms with E-state index in [1.807, 2.05) is 0 Å². The van der Waals surface area contributed by atoms with Crippen LogP contribution in [0.15, 0.2) is 12.1 Å². The first kappa shape index (κ1) is 14.3. The molecule has 0 bridgehead atoms. The zero-order valence-electron chi connectivity index (χ0n) is 12.5. The van der Waals surface area contributed by atoms with E-state index in [1.165, 1.54) is 0 Å². The van der Waals surface area contributed by atoms with Gasteiger partial charge in [-0.15, -0.1) is 5.10 Å². The standard InChI is InChI=1S/C15H25N3O/c1-11(2)9-13-10-18(7-8-19-13)15-6-5-14(12(3)4)16-17-15/h5-6,11-13H,7-10H2,1-4H3. The van der Waals surface area contributed by atoms with Crippen LogP contribution >= 0.6 is 0 Å². The molecule has 1 saturated heterocycles. The second-order valence-electron chi connectivity index (χ2n) is 6.04. The van der Waals surface area contributed by atoms with E-state index in [-0.39, 0.29) is 0 Å². The fourth-order valence-corrected chi connectivity index (χ4v) is 2.41. The summed E-state index contributed by atoms with van der Waals surface area (Å²) in [5, 5.41) is 8.66. The summed E-state index contributed by atoms with van der Waals surface area (Å²) < 4.78 is 5.81. The van der Waals surface area contributed by atoms with Crippen LogP contribution in [0.5, 0.6) is 0 Å². The van der Waals surface area contributed by atoms with Crippen LogP contribution in [0, 0.1) is 5.92 Å². The lowest BCUT2D eigenvalue weighted by atomic mass is 10.0. The average Bonchev–Trinajstić information content (AvgIpc) is 2.38. The normalized spacial score (nSPS) is 20.3. The molecule has 1 fully saturated rings. The second kappa shape index (κ2) is 6.33. The van der Waals surface area contributed by atoms with Gasteiger partial charge in [0.15, 0.2) is 5.82 Å². The minimum Gasteiger partial charge on any atom is -0.375 e. The molecular weight excluding hydrogens is 238 g/mol. The summed E-state index contributed by atoms with van der Waals surface area (Å²) >= 11 is 0. The first-order valence-electron chi connectivity index (χ1n) is 7.26. The maximum Gasteiger partial charge on any atom is 0.151 e. The molecule has 0 N–H and O–H groups in total. The summed E-state index contributed by atoms with van der Waals surface area (Å²) in [7, 11) is 0. The highest BCUT2D eigenvalue weighted by molar-refractivity contribution is 5.38. The molecule has 1 aliphatic rings. The van der Waals surface area contributed by atoms with E-state index >= 15 is 0 Å². The molecule has 0 radical (unpaired) electrons. The molecule has 19 heavy (non-hydrogen) atoms. The molecule has 1 aliphatic heterocycles. The van der Waals surface area contributed by atoms with Gasteiger partial charge in [0.2, 0.25) is 0 Å². The van der Waals surface area contributed by atoms with Gasteiger partial charge in [-0.3, -0.25) is 0 Å². The van der Waals surface area contributed by atoms with E-state index in [0.29, 0.717) is 17.9 Å². The minimum absolute atomic E-state index is 0.320. The first-order chi connectivity index (χ1) is 9.06. The Balaban J connectivity index is 2.00. The number of hydrogen-bond acceptors (Lipinski definition) is 4. The highest BCUT2D eigenvalue weighted by atomic mass is 16.5. The maximum atomic E-state index is 5.81. The van der Waals surface area contributed by atoms with Crippen molar-refractivity contribution in [3.05, 3.63) is 17.8 Å². The minimum atomic E-state index is 0.320. The van der Waals surface area contributed by atoms with Gasteiger partial charge in [0.1, 0.15) is 0 Å². The van der Waals surface area contributed by atoms with Crippen LogP contribution in [0.1, 0.15) is 45.7 Å². The molecular formula is C15H25N3O. The molecule has 1 unspecified atom stereocenters. The van der Waals surface area contributed by atoms with Gasteiger partial charge in [-0.05, 0) is 30.4 Å². The van der Waals surface area contributed by atoms with Crippen molar-refractivity contribution in [3.63, 3.8) is 0 Å². The number of morpholine rings is 1. The summed E-state index contributed by atoms with van der Waals surface area (Å²) in [6.45, 7) is 11.4. The van der Waals surface area contributed by atoms with Gasteiger partial charge >= 0.3 is 0 Å². The molecule has 1 aromatic heterocycles. The summed E-state index contributed by atoms with van der Waals surface area (Å²) in [5.41, 5.74) is 1.05. The molecule has 106 valence electrons. The predicted molar refractivity (Wildman–Crippen MR) is 77.5 cm³/mol. The molecule has 4 heteroatoms. The lowest BCUT2D eigenvalue weighted by Gasteiger charge is -2.34. The topological polar surface area (TPSA) is 38.2 Å². The van der Waals surface area contributed by atoms with Crippen LogP contribution in [0.4, 0.5) is 5.82 Å². The number of ether oxygens (including phenoxy) is 1. The van der Waals surface area contributed by atoms with Gasteiger partial charge in [0.05, 0.1) is 18.4 Å². The van der Waals surface area contributed by atoms with E-state index in [9.17, 15) is 0 Å². The Morgan fingerprint density at radius 3 is 2.63 bits per heavy atom. The van der Waals surface area contributed by atoms with E-state index < -0.39 is 0 Å². The van der Waals surface area contributed by atoms with E-state index in [0.717, 1.165) is 37.6 Å². The Morgan fingerprint density at radius 1 is 1.26 bits per heavy atom. The summed E-state index contributed by atoms with van der Waals surface area (Å²) in [4.78, 5) is 2.29. The zero-order valence-corrected chi connectivity index (χ0v) is 12.5. The van der Waals surface area contributed by atoms with Gasteiger partial charge in [-0.25, -0.2) is 0 Å². The summed E-state index contributed by atoms with van der Waals surface area (Å²) in [6.07, 6.45) is 1.42. The molecule has 4 nitrogen and oxygen atoms in total. The molecule has 1 atom stereocenters. The molecule has 0 spiro atoms. The van der Waals surface area contributed by atoms with Gasteiger partial charge in [0, 0.05) is 13.1 Å². The highest BCUT2D eigenvalue weighted by Crippen LogP contribution is 2.19. The maximum absolute atomic E-state index is 5.81. The van der Waals surface area contributed by atoms with Crippen molar-refractivity contribution in [3.8, 4) is 0 Å². The van der Waals surface area contributed by atoms with Crippen LogP contribution < -0.4 is 4.90 Å². The monoisotopic (exact) mass is 263 g/mol. The van der Waals surface area contributed by atoms with Crippen molar-refractivity contribution in [2.75, 3.05) is 24.6 Å². The Bertz CT molecular complexity index is 389. The van der Waals surface area contributed by atoms with Gasteiger partial charge in [-0.2, -0.15) is 5.10 Å². The van der Waals surface area contributed by atoms with E-state index in [2.05, 4.69) is 54.9 Å². The van der Waals surface area contributed by atoms with E-state index in [1.54, 1.807) is 0 Å². The lowest BCUT2D eigenvalue weighted by Crippen LogP contribution is -2.43. The Morgan fingerprint density at radius 2 is 2.05 bits per heavy atom. The van der Waals surface area contributed by atoms with Crippen molar-refractivity contribution in [1.29, 1.82) is 0 Å². The third kappa shape index (κ3) is 3.90. The molecule has 0 amide bonds.